The fraction of sp³-hybridized carbons (Fsp3) is 0.600. The van der Waals surface area contributed by atoms with Gasteiger partial charge in [-0.3, -0.25) is 0 Å². The molecule has 2 unspecified atom stereocenters. The molecule has 1 aromatic carbocycles. The number of hydrogen-bond acceptors (Lipinski definition) is 3. The fourth-order valence-corrected chi connectivity index (χ4v) is 2.62. The number of hydrogen-bond donors (Lipinski definition) is 2. The van der Waals surface area contributed by atoms with Crippen LogP contribution in [0.15, 0.2) is 18.2 Å². The Morgan fingerprint density at radius 1 is 1.44 bits per heavy atom. The zero-order valence-corrected chi connectivity index (χ0v) is 11.6. The van der Waals surface area contributed by atoms with Gasteiger partial charge in [-0.15, -0.1) is 0 Å². The van der Waals surface area contributed by atoms with Gasteiger partial charge in [0.15, 0.2) is 0 Å². The first-order chi connectivity index (χ1) is 8.70. The van der Waals surface area contributed by atoms with Crippen LogP contribution >= 0.6 is 0 Å². The number of benzene rings is 1. The highest BCUT2D eigenvalue weighted by Gasteiger charge is 2.19. The zero-order chi connectivity index (χ0) is 13.0. The van der Waals surface area contributed by atoms with Crippen molar-refractivity contribution < 1.29 is 4.74 Å². The average molecular weight is 248 g/mol. The van der Waals surface area contributed by atoms with Gasteiger partial charge in [0, 0.05) is 18.6 Å². The molecular formula is C15H24N2O. The molecule has 0 aliphatic carbocycles. The Morgan fingerprint density at radius 2 is 2.28 bits per heavy atom. The molecular weight excluding hydrogens is 224 g/mol. The highest BCUT2D eigenvalue weighted by molar-refractivity contribution is 5.36. The quantitative estimate of drug-likeness (QED) is 0.857. The van der Waals surface area contributed by atoms with Crippen LogP contribution in [-0.2, 0) is 6.54 Å². The largest absolute Gasteiger partial charge is 0.496 e. The summed E-state index contributed by atoms with van der Waals surface area (Å²) in [5.74, 6) is 0.964. The molecule has 3 nitrogen and oxygen atoms in total. The van der Waals surface area contributed by atoms with Gasteiger partial charge in [-0.25, -0.2) is 0 Å². The third kappa shape index (κ3) is 3.24. The average Bonchev–Trinajstić information content (AvgIpc) is 2.38. The maximum Gasteiger partial charge on any atom is 0.121 e. The first kappa shape index (κ1) is 13.4. The van der Waals surface area contributed by atoms with Gasteiger partial charge in [0.2, 0.25) is 0 Å². The molecule has 0 radical (unpaired) electrons. The summed E-state index contributed by atoms with van der Waals surface area (Å²) in [6, 6.07) is 7.54. The van der Waals surface area contributed by atoms with Crippen LogP contribution in [0.1, 0.15) is 30.9 Å². The number of piperidine rings is 1. The lowest BCUT2D eigenvalue weighted by Crippen LogP contribution is -2.49. The van der Waals surface area contributed by atoms with Crippen molar-refractivity contribution in [1.29, 1.82) is 0 Å². The Bertz CT molecular complexity index is 392. The van der Waals surface area contributed by atoms with E-state index in [0.717, 1.165) is 18.8 Å². The van der Waals surface area contributed by atoms with E-state index in [0.29, 0.717) is 12.1 Å². The van der Waals surface area contributed by atoms with Crippen molar-refractivity contribution >= 4 is 0 Å². The van der Waals surface area contributed by atoms with Crippen molar-refractivity contribution in [1.82, 2.24) is 10.6 Å². The summed E-state index contributed by atoms with van der Waals surface area (Å²) < 4.78 is 5.28. The maximum absolute atomic E-state index is 5.28. The summed E-state index contributed by atoms with van der Waals surface area (Å²) in [5, 5.41) is 7.16. The van der Waals surface area contributed by atoms with Gasteiger partial charge < -0.3 is 15.4 Å². The minimum atomic E-state index is 0.568. The van der Waals surface area contributed by atoms with Crippen LogP contribution in [0.4, 0.5) is 0 Å². The van der Waals surface area contributed by atoms with Gasteiger partial charge >= 0.3 is 0 Å². The molecule has 1 aromatic rings. The summed E-state index contributed by atoms with van der Waals surface area (Å²) in [6.07, 6.45) is 2.53. The van der Waals surface area contributed by atoms with E-state index in [1.165, 1.54) is 24.0 Å². The third-order valence-electron chi connectivity index (χ3n) is 3.79. The van der Waals surface area contributed by atoms with Crippen LogP contribution in [0.25, 0.3) is 0 Å². The van der Waals surface area contributed by atoms with Crippen molar-refractivity contribution in [3.8, 4) is 5.75 Å². The molecule has 0 bridgehead atoms. The van der Waals surface area contributed by atoms with Gasteiger partial charge in [0.25, 0.3) is 0 Å². The van der Waals surface area contributed by atoms with E-state index >= 15 is 0 Å². The fourth-order valence-electron chi connectivity index (χ4n) is 2.62. The normalized spacial score (nSPS) is 23.9. The SMILES string of the molecule is COc1ccc(CNC2CCCNC2C)cc1C. The molecule has 0 amide bonds. The van der Waals surface area contributed by atoms with Crippen molar-refractivity contribution in [3.63, 3.8) is 0 Å². The smallest absolute Gasteiger partial charge is 0.121 e. The highest BCUT2D eigenvalue weighted by Crippen LogP contribution is 2.18. The van der Waals surface area contributed by atoms with Gasteiger partial charge in [0.1, 0.15) is 5.75 Å². The Kier molecular flexibility index (Phi) is 4.61. The number of aryl methyl sites for hydroxylation is 1. The topological polar surface area (TPSA) is 33.3 Å². The van der Waals surface area contributed by atoms with Gasteiger partial charge in [-0.05, 0) is 50.4 Å². The summed E-state index contributed by atoms with van der Waals surface area (Å²) in [4.78, 5) is 0. The molecule has 0 aromatic heterocycles. The van der Waals surface area contributed by atoms with E-state index in [4.69, 9.17) is 4.74 Å². The molecule has 1 heterocycles. The monoisotopic (exact) mass is 248 g/mol. The Labute approximate surface area is 110 Å². The van der Waals surface area contributed by atoms with E-state index in [9.17, 15) is 0 Å². The molecule has 0 spiro atoms. The molecule has 100 valence electrons. The molecule has 2 N–H and O–H groups in total. The van der Waals surface area contributed by atoms with Gasteiger partial charge in [-0.2, -0.15) is 0 Å². The lowest BCUT2D eigenvalue weighted by molar-refractivity contribution is 0.316. The summed E-state index contributed by atoms with van der Waals surface area (Å²) in [7, 11) is 1.72. The van der Waals surface area contributed by atoms with Gasteiger partial charge in [-0.1, -0.05) is 12.1 Å². The predicted octanol–water partition coefficient (Wildman–Crippen LogP) is 2.23. The van der Waals surface area contributed by atoms with Crippen molar-refractivity contribution in [2.45, 2.75) is 45.3 Å². The van der Waals surface area contributed by atoms with Crippen molar-refractivity contribution in [2.75, 3.05) is 13.7 Å². The minimum Gasteiger partial charge on any atom is -0.496 e. The van der Waals surface area contributed by atoms with Gasteiger partial charge in [0.05, 0.1) is 7.11 Å². The molecule has 1 saturated heterocycles. The lowest BCUT2D eigenvalue weighted by Gasteiger charge is -2.30. The van der Waals surface area contributed by atoms with Crippen molar-refractivity contribution in [3.05, 3.63) is 29.3 Å². The molecule has 3 heteroatoms. The van der Waals surface area contributed by atoms with E-state index in [-0.39, 0.29) is 0 Å². The first-order valence-electron chi connectivity index (χ1n) is 6.81. The maximum atomic E-state index is 5.28. The summed E-state index contributed by atoms with van der Waals surface area (Å²) >= 11 is 0. The standard InChI is InChI=1S/C15H24N2O/c1-11-9-13(6-7-15(11)18-3)10-17-14-5-4-8-16-12(14)2/h6-7,9,12,14,16-17H,4-5,8,10H2,1-3H3. The molecule has 1 aliphatic rings. The molecule has 0 saturated carbocycles. The van der Waals surface area contributed by atoms with Crippen LogP contribution < -0.4 is 15.4 Å². The second-order valence-electron chi connectivity index (χ2n) is 5.18. The minimum absolute atomic E-state index is 0.568. The third-order valence-corrected chi connectivity index (χ3v) is 3.79. The van der Waals surface area contributed by atoms with E-state index < -0.39 is 0 Å². The number of ether oxygens (including phenoxy) is 1. The first-order valence-corrected chi connectivity index (χ1v) is 6.81. The summed E-state index contributed by atoms with van der Waals surface area (Å²) in [5.41, 5.74) is 2.53. The zero-order valence-electron chi connectivity index (χ0n) is 11.6. The van der Waals surface area contributed by atoms with E-state index in [2.05, 4.69) is 42.7 Å². The second kappa shape index (κ2) is 6.21. The molecule has 1 fully saturated rings. The second-order valence-corrected chi connectivity index (χ2v) is 5.18. The Morgan fingerprint density at radius 3 is 2.94 bits per heavy atom. The molecule has 18 heavy (non-hydrogen) atoms. The van der Waals surface area contributed by atoms with Crippen LogP contribution in [0.2, 0.25) is 0 Å². The number of methoxy groups -OCH3 is 1. The van der Waals surface area contributed by atoms with Crippen LogP contribution in [0.5, 0.6) is 5.75 Å². The van der Waals surface area contributed by atoms with E-state index in [1.54, 1.807) is 7.11 Å². The van der Waals surface area contributed by atoms with Crippen LogP contribution in [0, 0.1) is 6.92 Å². The number of nitrogens with one attached hydrogen (secondary N) is 2. The Balaban J connectivity index is 1.91. The van der Waals surface area contributed by atoms with Crippen molar-refractivity contribution in [2.24, 2.45) is 0 Å². The molecule has 2 rings (SSSR count). The lowest BCUT2D eigenvalue weighted by atomic mass is 9.99. The van der Waals surface area contributed by atoms with E-state index in [1.807, 2.05) is 0 Å². The summed E-state index contributed by atoms with van der Waals surface area (Å²) in [6.45, 7) is 6.44. The van der Waals surface area contributed by atoms with Crippen LogP contribution in [0.3, 0.4) is 0 Å². The molecule has 2 atom stereocenters. The predicted molar refractivity (Wildman–Crippen MR) is 75.1 cm³/mol. The molecule has 1 aliphatic heterocycles. The number of rotatable bonds is 4. The Hall–Kier alpha value is -1.06. The highest BCUT2D eigenvalue weighted by atomic mass is 16.5. The van der Waals surface area contributed by atoms with Crippen LogP contribution in [-0.4, -0.2) is 25.7 Å².